The number of amides is 2. The molecule has 1 aliphatic rings. The summed E-state index contributed by atoms with van der Waals surface area (Å²) in [7, 11) is 0. The number of anilines is 2. The largest absolute Gasteiger partial charge is 0.399 e. The zero-order valence-corrected chi connectivity index (χ0v) is 14.3. The number of piperazine rings is 1. The third-order valence-electron chi connectivity index (χ3n) is 4.14. The first kappa shape index (κ1) is 17.7. The van der Waals surface area contributed by atoms with E-state index < -0.39 is 0 Å². The molecular formula is C18H22N6O2. The van der Waals surface area contributed by atoms with Crippen LogP contribution in [0.2, 0.25) is 0 Å². The lowest BCUT2D eigenvalue weighted by atomic mass is 10.2. The molecule has 0 bridgehead atoms. The van der Waals surface area contributed by atoms with Crippen molar-refractivity contribution >= 4 is 23.2 Å². The van der Waals surface area contributed by atoms with Gasteiger partial charge in [-0.3, -0.25) is 20.4 Å². The van der Waals surface area contributed by atoms with Crippen molar-refractivity contribution in [3.8, 4) is 0 Å². The molecule has 0 atom stereocenters. The van der Waals surface area contributed by atoms with Gasteiger partial charge in [0.05, 0.1) is 0 Å². The van der Waals surface area contributed by atoms with E-state index in [1.165, 1.54) is 0 Å². The summed E-state index contributed by atoms with van der Waals surface area (Å²) in [6.07, 6.45) is 0. The second-order valence-corrected chi connectivity index (χ2v) is 6.10. The number of nitrogens with one attached hydrogen (secondary N) is 2. The first-order chi connectivity index (χ1) is 12.5. The highest BCUT2D eigenvalue weighted by molar-refractivity contribution is 5.94. The Morgan fingerprint density at radius 3 is 1.27 bits per heavy atom. The minimum Gasteiger partial charge on any atom is -0.399 e. The molecule has 26 heavy (non-hydrogen) atoms. The maximum absolute atomic E-state index is 12.2. The molecule has 1 heterocycles. The van der Waals surface area contributed by atoms with Crippen molar-refractivity contribution < 1.29 is 9.59 Å². The molecule has 1 aliphatic heterocycles. The van der Waals surface area contributed by atoms with Crippen LogP contribution in [-0.4, -0.2) is 48.0 Å². The van der Waals surface area contributed by atoms with Crippen LogP contribution in [0.3, 0.4) is 0 Å². The Hall–Kier alpha value is -3.10. The highest BCUT2D eigenvalue weighted by atomic mass is 16.2. The van der Waals surface area contributed by atoms with Gasteiger partial charge in [-0.25, -0.2) is 10.0 Å². The molecule has 0 saturated carbocycles. The van der Waals surface area contributed by atoms with Crippen molar-refractivity contribution in [2.75, 3.05) is 37.6 Å². The Morgan fingerprint density at radius 2 is 0.962 bits per heavy atom. The molecule has 0 unspecified atom stereocenters. The number of hydrogen-bond acceptors (Lipinski definition) is 6. The van der Waals surface area contributed by atoms with Crippen LogP contribution in [0.5, 0.6) is 0 Å². The lowest BCUT2D eigenvalue weighted by Crippen LogP contribution is -2.57. The van der Waals surface area contributed by atoms with E-state index in [0.717, 1.165) is 0 Å². The quantitative estimate of drug-likeness (QED) is 0.593. The normalized spacial score (nSPS) is 15.4. The minimum atomic E-state index is -0.177. The van der Waals surface area contributed by atoms with E-state index in [2.05, 4.69) is 10.9 Å². The van der Waals surface area contributed by atoms with Crippen molar-refractivity contribution in [2.45, 2.75) is 0 Å². The molecular weight excluding hydrogens is 332 g/mol. The van der Waals surface area contributed by atoms with Gasteiger partial charge in [0.2, 0.25) is 0 Å². The van der Waals surface area contributed by atoms with Crippen molar-refractivity contribution in [3.05, 3.63) is 59.7 Å². The second-order valence-electron chi connectivity index (χ2n) is 6.10. The number of nitrogen functional groups attached to an aromatic ring is 2. The topological polar surface area (TPSA) is 117 Å². The lowest BCUT2D eigenvalue weighted by Gasteiger charge is -2.34. The van der Waals surface area contributed by atoms with Crippen LogP contribution in [-0.2, 0) is 0 Å². The van der Waals surface area contributed by atoms with Gasteiger partial charge in [0, 0.05) is 48.7 Å². The Balaban J connectivity index is 1.46. The van der Waals surface area contributed by atoms with Crippen LogP contribution in [0.25, 0.3) is 0 Å². The molecule has 8 heteroatoms. The summed E-state index contributed by atoms with van der Waals surface area (Å²) in [5.41, 5.74) is 19.3. The average molecular weight is 354 g/mol. The minimum absolute atomic E-state index is 0.177. The maximum Gasteiger partial charge on any atom is 0.265 e. The van der Waals surface area contributed by atoms with Gasteiger partial charge in [-0.2, -0.15) is 0 Å². The Labute approximate surface area is 151 Å². The fourth-order valence-corrected chi connectivity index (χ4v) is 2.62. The Morgan fingerprint density at radius 1 is 0.654 bits per heavy atom. The average Bonchev–Trinajstić information content (AvgIpc) is 2.64. The van der Waals surface area contributed by atoms with Gasteiger partial charge in [-0.05, 0) is 48.5 Å². The van der Waals surface area contributed by atoms with Gasteiger partial charge in [0.1, 0.15) is 0 Å². The van der Waals surface area contributed by atoms with Gasteiger partial charge >= 0.3 is 0 Å². The van der Waals surface area contributed by atoms with Gasteiger partial charge < -0.3 is 11.5 Å². The van der Waals surface area contributed by atoms with Gasteiger partial charge in [-0.15, -0.1) is 0 Å². The third-order valence-corrected chi connectivity index (χ3v) is 4.14. The molecule has 0 aromatic heterocycles. The van der Waals surface area contributed by atoms with Crippen LogP contribution < -0.4 is 22.3 Å². The summed E-state index contributed by atoms with van der Waals surface area (Å²) in [5.74, 6) is -0.353. The predicted octanol–water partition coefficient (Wildman–Crippen LogP) is 0.458. The highest BCUT2D eigenvalue weighted by Crippen LogP contribution is 2.07. The molecule has 8 nitrogen and oxygen atoms in total. The second kappa shape index (κ2) is 7.85. The third kappa shape index (κ3) is 4.50. The molecule has 2 aromatic rings. The summed E-state index contributed by atoms with van der Waals surface area (Å²) in [5, 5.41) is 3.68. The van der Waals surface area contributed by atoms with Crippen molar-refractivity contribution in [1.29, 1.82) is 0 Å². The van der Waals surface area contributed by atoms with E-state index in [9.17, 15) is 9.59 Å². The molecule has 1 fully saturated rings. The Kier molecular flexibility index (Phi) is 5.35. The molecule has 3 rings (SSSR count). The summed E-state index contributed by atoms with van der Waals surface area (Å²) in [6, 6.07) is 13.5. The molecule has 0 aliphatic carbocycles. The summed E-state index contributed by atoms with van der Waals surface area (Å²) >= 11 is 0. The zero-order valence-electron chi connectivity index (χ0n) is 14.3. The van der Waals surface area contributed by atoms with Gasteiger partial charge in [0.15, 0.2) is 0 Å². The van der Waals surface area contributed by atoms with E-state index in [1.807, 2.05) is 10.0 Å². The first-order valence-electron chi connectivity index (χ1n) is 8.34. The number of rotatable bonds is 4. The van der Waals surface area contributed by atoms with Crippen LogP contribution in [0, 0.1) is 0 Å². The van der Waals surface area contributed by atoms with E-state index >= 15 is 0 Å². The standard InChI is InChI=1S/C18H22N6O2/c19-15-5-1-13(2-6-15)17(25)21-23-9-11-24(12-10-23)22-18(26)14-3-7-16(20)8-4-14/h1-8H,9-12,19-20H2,(H,21,25)(H,22,26). The van der Waals surface area contributed by atoms with Crippen LogP contribution in [0.4, 0.5) is 11.4 Å². The number of nitrogens with zero attached hydrogens (tertiary/aromatic N) is 2. The van der Waals surface area contributed by atoms with Crippen LogP contribution >= 0.6 is 0 Å². The molecule has 2 amide bonds. The first-order valence-corrected chi connectivity index (χ1v) is 8.34. The molecule has 0 radical (unpaired) electrons. The van der Waals surface area contributed by atoms with E-state index in [0.29, 0.717) is 48.7 Å². The predicted molar refractivity (Wildman–Crippen MR) is 99.8 cm³/mol. The van der Waals surface area contributed by atoms with Gasteiger partial charge in [-0.1, -0.05) is 0 Å². The number of benzene rings is 2. The molecule has 1 saturated heterocycles. The molecule has 2 aromatic carbocycles. The lowest BCUT2D eigenvalue weighted by molar-refractivity contribution is 0.0423. The van der Waals surface area contributed by atoms with E-state index in [1.54, 1.807) is 48.5 Å². The van der Waals surface area contributed by atoms with Crippen molar-refractivity contribution in [1.82, 2.24) is 20.9 Å². The number of carbonyl (C=O) groups is 2. The molecule has 6 N–H and O–H groups in total. The zero-order chi connectivity index (χ0) is 18.5. The van der Waals surface area contributed by atoms with Crippen molar-refractivity contribution in [3.63, 3.8) is 0 Å². The fraction of sp³-hybridized carbons (Fsp3) is 0.222. The summed E-state index contributed by atoms with van der Waals surface area (Å²) in [4.78, 5) is 24.4. The highest BCUT2D eigenvalue weighted by Gasteiger charge is 2.20. The summed E-state index contributed by atoms with van der Waals surface area (Å²) in [6.45, 7) is 2.40. The Bertz CT molecular complexity index is 700. The smallest absolute Gasteiger partial charge is 0.265 e. The van der Waals surface area contributed by atoms with E-state index in [-0.39, 0.29) is 11.8 Å². The van der Waals surface area contributed by atoms with Crippen LogP contribution in [0.15, 0.2) is 48.5 Å². The monoisotopic (exact) mass is 354 g/mol. The number of nitrogens with two attached hydrogens (primary N) is 2. The number of hydrazine groups is 2. The number of hydrogen-bond donors (Lipinski definition) is 4. The van der Waals surface area contributed by atoms with Crippen molar-refractivity contribution in [2.24, 2.45) is 0 Å². The SMILES string of the molecule is Nc1ccc(C(=O)NN2CCN(NC(=O)c3ccc(N)cc3)CC2)cc1. The summed E-state index contributed by atoms with van der Waals surface area (Å²) < 4.78 is 0. The van der Waals surface area contributed by atoms with Crippen LogP contribution in [0.1, 0.15) is 20.7 Å². The van der Waals surface area contributed by atoms with E-state index in [4.69, 9.17) is 11.5 Å². The van der Waals surface area contributed by atoms with Gasteiger partial charge in [0.25, 0.3) is 11.8 Å². The fourth-order valence-electron chi connectivity index (χ4n) is 2.62. The number of carbonyl (C=O) groups excluding carboxylic acids is 2. The molecule has 0 spiro atoms. The maximum atomic E-state index is 12.2. The molecule has 136 valence electrons.